The summed E-state index contributed by atoms with van der Waals surface area (Å²) in [7, 11) is 0. The van der Waals surface area contributed by atoms with Crippen molar-refractivity contribution < 1.29 is 9.90 Å². The van der Waals surface area contributed by atoms with Gasteiger partial charge in [-0.2, -0.15) is 0 Å². The van der Waals surface area contributed by atoms with E-state index in [2.05, 4.69) is 4.98 Å². The lowest BCUT2D eigenvalue weighted by Gasteiger charge is -2.05. The third-order valence-corrected chi connectivity index (χ3v) is 3.49. The molecule has 4 nitrogen and oxygen atoms in total. The molecule has 1 aromatic carbocycles. The van der Waals surface area contributed by atoms with Crippen molar-refractivity contribution in [1.29, 1.82) is 0 Å². The second kappa shape index (κ2) is 4.98. The van der Waals surface area contributed by atoms with E-state index in [4.69, 9.17) is 16.7 Å². The SMILES string of the molecule is O=C(O)c1ccc(Cn2ccc3c(Cl)cccc32)nc1. The molecule has 0 saturated heterocycles. The zero-order valence-corrected chi connectivity index (χ0v) is 11.2. The number of carboxylic acid groups (broad SMARTS) is 1. The average Bonchev–Trinajstić information content (AvgIpc) is 2.84. The van der Waals surface area contributed by atoms with Gasteiger partial charge in [0.2, 0.25) is 0 Å². The van der Waals surface area contributed by atoms with Crippen LogP contribution in [0, 0.1) is 0 Å². The summed E-state index contributed by atoms with van der Waals surface area (Å²) in [6, 6.07) is 11.0. The van der Waals surface area contributed by atoms with E-state index in [1.165, 1.54) is 6.20 Å². The minimum atomic E-state index is -0.970. The van der Waals surface area contributed by atoms with E-state index >= 15 is 0 Å². The number of hydrogen-bond donors (Lipinski definition) is 1. The highest BCUT2D eigenvalue weighted by atomic mass is 35.5. The number of aromatic carboxylic acids is 1. The minimum absolute atomic E-state index is 0.189. The van der Waals surface area contributed by atoms with E-state index in [0.29, 0.717) is 6.54 Å². The van der Waals surface area contributed by atoms with Gasteiger partial charge in [0.05, 0.1) is 17.8 Å². The number of hydrogen-bond acceptors (Lipinski definition) is 2. The number of halogens is 1. The lowest BCUT2D eigenvalue weighted by molar-refractivity contribution is 0.0696. The number of nitrogens with zero attached hydrogens (tertiary/aromatic N) is 2. The maximum absolute atomic E-state index is 10.8. The molecule has 2 aromatic heterocycles. The first-order valence-corrected chi connectivity index (χ1v) is 6.44. The third kappa shape index (κ3) is 2.26. The first-order valence-electron chi connectivity index (χ1n) is 6.07. The van der Waals surface area contributed by atoms with Gasteiger partial charge in [-0.25, -0.2) is 4.79 Å². The van der Waals surface area contributed by atoms with Crippen LogP contribution in [-0.4, -0.2) is 20.6 Å². The van der Waals surface area contributed by atoms with Crippen molar-refractivity contribution in [3.63, 3.8) is 0 Å². The Hall–Kier alpha value is -2.33. The summed E-state index contributed by atoms with van der Waals surface area (Å²) in [5, 5.41) is 10.6. The summed E-state index contributed by atoms with van der Waals surface area (Å²) in [5.74, 6) is -0.970. The number of rotatable bonds is 3. The smallest absolute Gasteiger partial charge is 0.337 e. The van der Waals surface area contributed by atoms with Crippen molar-refractivity contribution in [2.24, 2.45) is 0 Å². The van der Waals surface area contributed by atoms with Crippen molar-refractivity contribution in [1.82, 2.24) is 9.55 Å². The summed E-state index contributed by atoms with van der Waals surface area (Å²) in [4.78, 5) is 15.0. The van der Waals surface area contributed by atoms with Gasteiger partial charge in [-0.15, -0.1) is 0 Å². The zero-order chi connectivity index (χ0) is 14.1. The molecule has 0 unspecified atom stereocenters. The van der Waals surface area contributed by atoms with E-state index in [1.807, 2.05) is 35.0 Å². The Morgan fingerprint density at radius 3 is 2.80 bits per heavy atom. The number of carbonyl (C=O) groups is 1. The predicted molar refractivity (Wildman–Crippen MR) is 77.2 cm³/mol. The minimum Gasteiger partial charge on any atom is -0.478 e. The van der Waals surface area contributed by atoms with Crippen LogP contribution in [0.5, 0.6) is 0 Å². The average molecular weight is 287 g/mol. The molecule has 0 amide bonds. The Bertz CT molecular complexity index is 778. The van der Waals surface area contributed by atoms with Crippen LogP contribution < -0.4 is 0 Å². The molecule has 0 saturated carbocycles. The third-order valence-electron chi connectivity index (χ3n) is 3.16. The van der Waals surface area contributed by atoms with Gasteiger partial charge in [-0.3, -0.25) is 4.98 Å². The molecule has 20 heavy (non-hydrogen) atoms. The topological polar surface area (TPSA) is 55.1 Å². The normalized spacial score (nSPS) is 10.8. The van der Waals surface area contributed by atoms with Gasteiger partial charge in [0.1, 0.15) is 0 Å². The van der Waals surface area contributed by atoms with Crippen LogP contribution in [0.25, 0.3) is 10.9 Å². The van der Waals surface area contributed by atoms with Crippen molar-refractivity contribution >= 4 is 28.5 Å². The van der Waals surface area contributed by atoms with Crippen LogP contribution in [0.1, 0.15) is 16.1 Å². The van der Waals surface area contributed by atoms with Crippen LogP contribution in [0.15, 0.2) is 48.8 Å². The van der Waals surface area contributed by atoms with Crippen molar-refractivity contribution in [2.45, 2.75) is 6.54 Å². The van der Waals surface area contributed by atoms with Crippen LogP contribution >= 0.6 is 11.6 Å². The van der Waals surface area contributed by atoms with Crippen molar-refractivity contribution in [3.05, 3.63) is 65.1 Å². The van der Waals surface area contributed by atoms with Gasteiger partial charge >= 0.3 is 5.97 Å². The fraction of sp³-hybridized carbons (Fsp3) is 0.0667. The molecule has 0 aliphatic carbocycles. The zero-order valence-electron chi connectivity index (χ0n) is 10.5. The Kier molecular flexibility index (Phi) is 3.16. The molecule has 0 bridgehead atoms. The van der Waals surface area contributed by atoms with Gasteiger partial charge in [0.25, 0.3) is 0 Å². The van der Waals surface area contributed by atoms with E-state index in [9.17, 15) is 4.79 Å². The van der Waals surface area contributed by atoms with E-state index in [-0.39, 0.29) is 5.56 Å². The Morgan fingerprint density at radius 2 is 2.10 bits per heavy atom. The molecule has 3 aromatic rings. The van der Waals surface area contributed by atoms with Crippen LogP contribution in [0.2, 0.25) is 5.02 Å². The van der Waals surface area contributed by atoms with Crippen LogP contribution in [0.3, 0.4) is 0 Å². The second-order valence-corrected chi connectivity index (χ2v) is 4.87. The molecular formula is C15H11ClN2O2. The number of carboxylic acids is 1. The fourth-order valence-electron chi connectivity index (χ4n) is 2.14. The Balaban J connectivity index is 1.93. The maximum Gasteiger partial charge on any atom is 0.337 e. The number of pyridine rings is 1. The number of aromatic nitrogens is 2. The molecule has 0 fully saturated rings. The first kappa shape index (κ1) is 12.7. The van der Waals surface area contributed by atoms with Crippen LogP contribution in [-0.2, 0) is 6.54 Å². The quantitative estimate of drug-likeness (QED) is 0.802. The number of benzene rings is 1. The van der Waals surface area contributed by atoms with Gasteiger partial charge in [0, 0.05) is 28.3 Å². The lowest BCUT2D eigenvalue weighted by atomic mass is 10.2. The Morgan fingerprint density at radius 1 is 1.25 bits per heavy atom. The summed E-state index contributed by atoms with van der Waals surface area (Å²) >= 11 is 6.13. The highest BCUT2D eigenvalue weighted by Crippen LogP contribution is 2.24. The standard InChI is InChI=1S/C15H11ClN2O2/c16-13-2-1-3-14-12(13)6-7-18(14)9-11-5-4-10(8-17-11)15(19)20/h1-8H,9H2,(H,19,20). The molecule has 0 radical (unpaired) electrons. The molecule has 5 heteroatoms. The monoisotopic (exact) mass is 286 g/mol. The molecule has 0 spiro atoms. The largest absolute Gasteiger partial charge is 0.478 e. The first-order chi connectivity index (χ1) is 9.65. The van der Waals surface area contributed by atoms with E-state index in [1.54, 1.807) is 12.1 Å². The highest BCUT2D eigenvalue weighted by molar-refractivity contribution is 6.35. The molecule has 0 atom stereocenters. The van der Waals surface area contributed by atoms with Crippen molar-refractivity contribution in [3.8, 4) is 0 Å². The molecule has 3 rings (SSSR count). The molecular weight excluding hydrogens is 276 g/mol. The van der Waals surface area contributed by atoms with E-state index < -0.39 is 5.97 Å². The van der Waals surface area contributed by atoms with Gasteiger partial charge in [0.15, 0.2) is 0 Å². The van der Waals surface area contributed by atoms with Gasteiger partial charge < -0.3 is 9.67 Å². The van der Waals surface area contributed by atoms with Crippen LogP contribution in [0.4, 0.5) is 0 Å². The molecule has 0 aliphatic heterocycles. The molecule has 1 N–H and O–H groups in total. The summed E-state index contributed by atoms with van der Waals surface area (Å²) in [6.07, 6.45) is 3.32. The number of fused-ring (bicyclic) bond motifs is 1. The van der Waals surface area contributed by atoms with Gasteiger partial charge in [-0.1, -0.05) is 17.7 Å². The Labute approximate surface area is 120 Å². The van der Waals surface area contributed by atoms with E-state index in [0.717, 1.165) is 21.6 Å². The summed E-state index contributed by atoms with van der Waals surface area (Å²) in [6.45, 7) is 0.573. The lowest BCUT2D eigenvalue weighted by Crippen LogP contribution is -2.02. The summed E-state index contributed by atoms with van der Waals surface area (Å²) in [5.41, 5.74) is 2.02. The summed E-state index contributed by atoms with van der Waals surface area (Å²) < 4.78 is 2.03. The molecule has 0 aliphatic rings. The second-order valence-electron chi connectivity index (χ2n) is 4.46. The predicted octanol–water partition coefficient (Wildman–Crippen LogP) is 3.44. The fourth-order valence-corrected chi connectivity index (χ4v) is 2.38. The maximum atomic E-state index is 10.8. The highest BCUT2D eigenvalue weighted by Gasteiger charge is 2.06. The van der Waals surface area contributed by atoms with Gasteiger partial charge in [-0.05, 0) is 30.3 Å². The molecule has 100 valence electrons. The molecule has 2 heterocycles. The van der Waals surface area contributed by atoms with Crippen molar-refractivity contribution in [2.75, 3.05) is 0 Å².